The largest absolute Gasteiger partial charge is 0.504 e. The van der Waals surface area contributed by atoms with Crippen molar-refractivity contribution in [1.82, 2.24) is 0 Å². The Bertz CT molecular complexity index is 241. The van der Waals surface area contributed by atoms with Crippen molar-refractivity contribution in [2.24, 2.45) is 0 Å². The number of rotatable bonds is 2. The second-order valence-electron chi connectivity index (χ2n) is 1.97. The molecule has 0 fully saturated rings. The molecule has 1 aromatic carbocycles. The van der Waals surface area contributed by atoms with Crippen LogP contribution in [0.5, 0.6) is 0 Å². The van der Waals surface area contributed by atoms with Gasteiger partial charge >= 0.3 is 0 Å². The highest BCUT2D eigenvalue weighted by Crippen LogP contribution is 2.09. The van der Waals surface area contributed by atoms with Crippen LogP contribution in [0, 0.1) is 0 Å². The second-order valence-corrected chi connectivity index (χ2v) is 1.97. The number of benzene rings is 1. The summed E-state index contributed by atoms with van der Waals surface area (Å²) in [6, 6.07) is 8.78. The molecule has 0 spiro atoms. The van der Waals surface area contributed by atoms with Crippen LogP contribution in [0.3, 0.4) is 0 Å². The predicted octanol–water partition coefficient (Wildman–Crippen LogP) is 2.03. The van der Waals surface area contributed by atoms with E-state index in [2.05, 4.69) is 4.89 Å². The molecule has 0 radical (unpaired) electrons. The van der Waals surface area contributed by atoms with Crippen molar-refractivity contribution in [3.63, 3.8) is 0 Å². The zero-order valence-corrected chi connectivity index (χ0v) is 5.77. The first-order valence-electron chi connectivity index (χ1n) is 3.09. The van der Waals surface area contributed by atoms with Gasteiger partial charge in [0.05, 0.1) is 0 Å². The van der Waals surface area contributed by atoms with Crippen molar-refractivity contribution >= 4 is 5.76 Å². The van der Waals surface area contributed by atoms with E-state index < -0.39 is 0 Å². The van der Waals surface area contributed by atoms with Crippen LogP contribution >= 0.6 is 0 Å². The monoisotopic (exact) mass is 152 g/mol. The molecule has 0 aliphatic heterocycles. The molecule has 0 heterocycles. The van der Waals surface area contributed by atoms with Gasteiger partial charge in [-0.1, -0.05) is 30.3 Å². The molecule has 58 valence electrons. The van der Waals surface area contributed by atoms with Crippen LogP contribution in [0.15, 0.2) is 36.6 Å². The first-order valence-corrected chi connectivity index (χ1v) is 3.09. The fraction of sp³-hybridized carbons (Fsp3) is 0. The summed E-state index contributed by atoms with van der Waals surface area (Å²) in [6.07, 6.45) is 0.856. The minimum Gasteiger partial charge on any atom is -0.504 e. The van der Waals surface area contributed by atoms with Gasteiger partial charge in [0.15, 0.2) is 12.0 Å². The van der Waals surface area contributed by atoms with Crippen molar-refractivity contribution in [2.75, 3.05) is 0 Å². The SMILES string of the molecule is OOC=C(O)c1ccccc1. The van der Waals surface area contributed by atoms with Crippen LogP contribution in [0.2, 0.25) is 0 Å². The van der Waals surface area contributed by atoms with Crippen LogP contribution in [0.4, 0.5) is 0 Å². The predicted molar refractivity (Wildman–Crippen MR) is 40.8 cm³/mol. The zero-order chi connectivity index (χ0) is 8.10. The Balaban J connectivity index is 2.85. The maximum atomic E-state index is 9.10. The van der Waals surface area contributed by atoms with Gasteiger partial charge in [0, 0.05) is 5.56 Å². The summed E-state index contributed by atoms with van der Waals surface area (Å²) in [5.41, 5.74) is 0.599. The van der Waals surface area contributed by atoms with Gasteiger partial charge in [-0.25, -0.2) is 5.26 Å². The van der Waals surface area contributed by atoms with Crippen LogP contribution in [0.1, 0.15) is 5.56 Å². The molecule has 0 aromatic heterocycles. The lowest BCUT2D eigenvalue weighted by Crippen LogP contribution is -1.82. The highest BCUT2D eigenvalue weighted by Gasteiger charge is 1.95. The average Bonchev–Trinajstić information content (AvgIpc) is 2.07. The van der Waals surface area contributed by atoms with E-state index in [1.54, 1.807) is 24.3 Å². The summed E-state index contributed by atoms with van der Waals surface area (Å²) in [6.45, 7) is 0. The summed E-state index contributed by atoms with van der Waals surface area (Å²) in [7, 11) is 0. The van der Waals surface area contributed by atoms with Gasteiger partial charge in [-0.05, 0) is 0 Å². The molecular weight excluding hydrogens is 144 g/mol. The lowest BCUT2D eigenvalue weighted by molar-refractivity contribution is -0.186. The van der Waals surface area contributed by atoms with Crippen molar-refractivity contribution in [2.45, 2.75) is 0 Å². The number of aliphatic hydroxyl groups is 1. The molecule has 0 saturated carbocycles. The third-order valence-electron chi connectivity index (χ3n) is 1.23. The van der Waals surface area contributed by atoms with Gasteiger partial charge in [-0.3, -0.25) is 0 Å². The molecule has 0 aliphatic carbocycles. The maximum absolute atomic E-state index is 9.10. The molecule has 3 nitrogen and oxygen atoms in total. The molecule has 1 aromatic rings. The normalized spacial score (nSPS) is 11.2. The third kappa shape index (κ3) is 1.98. The molecule has 0 saturated heterocycles. The Labute approximate surface area is 64.1 Å². The molecule has 0 unspecified atom stereocenters. The van der Waals surface area contributed by atoms with Crippen LogP contribution in [0.25, 0.3) is 5.76 Å². The topological polar surface area (TPSA) is 49.7 Å². The minimum absolute atomic E-state index is 0.104. The maximum Gasteiger partial charge on any atom is 0.171 e. The lowest BCUT2D eigenvalue weighted by atomic mass is 10.2. The van der Waals surface area contributed by atoms with Gasteiger partial charge in [0.2, 0.25) is 0 Å². The average molecular weight is 152 g/mol. The Morgan fingerprint density at radius 1 is 1.27 bits per heavy atom. The first-order chi connectivity index (χ1) is 5.34. The quantitative estimate of drug-likeness (QED) is 0.387. The van der Waals surface area contributed by atoms with Crippen molar-refractivity contribution in [3.05, 3.63) is 42.2 Å². The Kier molecular flexibility index (Phi) is 2.52. The van der Waals surface area contributed by atoms with E-state index in [1.807, 2.05) is 6.07 Å². The summed E-state index contributed by atoms with van der Waals surface area (Å²) < 4.78 is 0. The molecule has 2 N–H and O–H groups in total. The third-order valence-corrected chi connectivity index (χ3v) is 1.23. The molecule has 0 atom stereocenters. The van der Waals surface area contributed by atoms with Crippen molar-refractivity contribution < 1.29 is 15.3 Å². The van der Waals surface area contributed by atoms with Gasteiger partial charge in [-0.15, -0.1) is 0 Å². The molecule has 1 rings (SSSR count). The minimum atomic E-state index is -0.104. The van der Waals surface area contributed by atoms with Crippen molar-refractivity contribution in [3.8, 4) is 0 Å². The smallest absolute Gasteiger partial charge is 0.171 e. The van der Waals surface area contributed by atoms with Gasteiger partial charge in [0.25, 0.3) is 0 Å². The lowest BCUT2D eigenvalue weighted by Gasteiger charge is -1.96. The van der Waals surface area contributed by atoms with Gasteiger partial charge in [-0.2, -0.15) is 0 Å². The highest BCUT2D eigenvalue weighted by atomic mass is 17.1. The van der Waals surface area contributed by atoms with E-state index in [0.717, 1.165) is 6.26 Å². The fourth-order valence-electron chi connectivity index (χ4n) is 0.727. The first kappa shape index (κ1) is 7.63. The molecule has 11 heavy (non-hydrogen) atoms. The van der Waals surface area contributed by atoms with Crippen molar-refractivity contribution in [1.29, 1.82) is 0 Å². The molecule has 0 aliphatic rings. The molecule has 0 amide bonds. The van der Waals surface area contributed by atoms with E-state index in [1.165, 1.54) is 0 Å². The van der Waals surface area contributed by atoms with E-state index in [9.17, 15) is 0 Å². The molecule has 0 bridgehead atoms. The Morgan fingerprint density at radius 2 is 1.91 bits per heavy atom. The fourth-order valence-corrected chi connectivity index (χ4v) is 0.727. The van der Waals surface area contributed by atoms with E-state index >= 15 is 0 Å². The number of hydrogen-bond donors (Lipinski definition) is 2. The van der Waals surface area contributed by atoms with E-state index in [0.29, 0.717) is 5.56 Å². The Morgan fingerprint density at radius 3 is 2.45 bits per heavy atom. The number of aliphatic hydroxyl groups excluding tert-OH is 1. The van der Waals surface area contributed by atoms with Crippen LogP contribution in [-0.2, 0) is 4.89 Å². The summed E-state index contributed by atoms with van der Waals surface area (Å²) in [5, 5.41) is 17.1. The molecular formula is C8H8O3. The summed E-state index contributed by atoms with van der Waals surface area (Å²) in [5.74, 6) is -0.104. The summed E-state index contributed by atoms with van der Waals surface area (Å²) in [4.78, 5) is 3.65. The van der Waals surface area contributed by atoms with E-state index in [-0.39, 0.29) is 5.76 Å². The van der Waals surface area contributed by atoms with Gasteiger partial charge < -0.3 is 9.99 Å². The van der Waals surface area contributed by atoms with Gasteiger partial charge in [0.1, 0.15) is 0 Å². The number of hydrogen-bond acceptors (Lipinski definition) is 3. The van der Waals surface area contributed by atoms with Crippen LogP contribution < -0.4 is 0 Å². The summed E-state index contributed by atoms with van der Waals surface area (Å²) >= 11 is 0. The Hall–Kier alpha value is -1.48. The standard InChI is InChI=1S/C8H8O3/c9-8(6-11-10)7-4-2-1-3-5-7/h1-6,9-10H. The second kappa shape index (κ2) is 3.63. The van der Waals surface area contributed by atoms with Crippen LogP contribution in [-0.4, -0.2) is 10.4 Å². The molecule has 3 heteroatoms. The highest BCUT2D eigenvalue weighted by molar-refractivity contribution is 5.56. The zero-order valence-electron chi connectivity index (χ0n) is 5.77. The van der Waals surface area contributed by atoms with E-state index in [4.69, 9.17) is 10.4 Å².